The third-order valence-electron chi connectivity index (χ3n) is 2.43. The molecule has 19 heavy (non-hydrogen) atoms. The van der Waals surface area contributed by atoms with E-state index < -0.39 is 17.5 Å². The highest BCUT2D eigenvalue weighted by molar-refractivity contribution is 6.31. The van der Waals surface area contributed by atoms with E-state index in [0.717, 1.165) is 18.2 Å². The van der Waals surface area contributed by atoms with Gasteiger partial charge >= 0.3 is 0 Å². The summed E-state index contributed by atoms with van der Waals surface area (Å²) in [7, 11) is 0. The van der Waals surface area contributed by atoms with Gasteiger partial charge in [-0.2, -0.15) is 0 Å². The van der Waals surface area contributed by atoms with E-state index in [1.54, 1.807) is 0 Å². The van der Waals surface area contributed by atoms with E-state index in [4.69, 9.17) is 17.3 Å². The lowest BCUT2D eigenvalue weighted by atomic mass is 10.1. The number of benzene rings is 2. The molecule has 1 amide bonds. The Labute approximate surface area is 113 Å². The Bertz CT molecular complexity index is 647. The van der Waals surface area contributed by atoms with Gasteiger partial charge in [-0.1, -0.05) is 11.6 Å². The molecular weight excluding hydrogens is 274 g/mol. The van der Waals surface area contributed by atoms with Crippen LogP contribution in [0.25, 0.3) is 0 Å². The van der Waals surface area contributed by atoms with Crippen LogP contribution in [0.4, 0.5) is 20.2 Å². The second-order valence-electron chi connectivity index (χ2n) is 3.81. The largest absolute Gasteiger partial charge is 0.398 e. The summed E-state index contributed by atoms with van der Waals surface area (Å²) in [6, 6.07) is 7.06. The van der Waals surface area contributed by atoms with Crippen LogP contribution in [0.1, 0.15) is 10.4 Å². The molecule has 98 valence electrons. The molecule has 0 aliphatic rings. The monoisotopic (exact) mass is 282 g/mol. The van der Waals surface area contributed by atoms with Crippen LogP contribution in [0.5, 0.6) is 0 Å². The Kier molecular flexibility index (Phi) is 3.66. The van der Waals surface area contributed by atoms with E-state index in [1.807, 2.05) is 0 Å². The zero-order valence-corrected chi connectivity index (χ0v) is 10.3. The van der Waals surface area contributed by atoms with Gasteiger partial charge in [-0.05, 0) is 30.3 Å². The van der Waals surface area contributed by atoms with Gasteiger partial charge in [0.15, 0.2) is 0 Å². The Hall–Kier alpha value is -2.14. The number of nitrogens with two attached hydrogens (primary N) is 1. The Balaban J connectivity index is 2.28. The van der Waals surface area contributed by atoms with Crippen LogP contribution in [0.3, 0.4) is 0 Å². The van der Waals surface area contributed by atoms with Crippen molar-refractivity contribution in [3.63, 3.8) is 0 Å². The molecule has 0 saturated heterocycles. The molecule has 0 aromatic heterocycles. The normalized spacial score (nSPS) is 10.3. The van der Waals surface area contributed by atoms with Gasteiger partial charge in [-0.15, -0.1) is 0 Å². The fraction of sp³-hybridized carbons (Fsp3) is 0. The van der Waals surface area contributed by atoms with Crippen LogP contribution in [0.2, 0.25) is 5.02 Å². The number of carbonyl (C=O) groups is 1. The number of carbonyl (C=O) groups excluding carboxylic acids is 1. The molecule has 0 aliphatic carbocycles. The van der Waals surface area contributed by atoms with Crippen LogP contribution in [0.15, 0.2) is 36.4 Å². The summed E-state index contributed by atoms with van der Waals surface area (Å²) >= 11 is 5.71. The maximum Gasteiger partial charge on any atom is 0.257 e. The summed E-state index contributed by atoms with van der Waals surface area (Å²) in [5, 5.41) is 2.63. The molecule has 0 radical (unpaired) electrons. The lowest BCUT2D eigenvalue weighted by molar-refractivity contribution is 0.102. The first-order chi connectivity index (χ1) is 8.97. The number of nitrogen functional groups attached to an aromatic ring is 1. The minimum absolute atomic E-state index is 0.132. The maximum atomic E-state index is 13.4. The zero-order chi connectivity index (χ0) is 14.0. The van der Waals surface area contributed by atoms with E-state index in [0.29, 0.717) is 5.02 Å². The molecule has 2 aromatic rings. The molecule has 0 saturated carbocycles. The van der Waals surface area contributed by atoms with Crippen LogP contribution in [0, 0.1) is 11.6 Å². The molecule has 0 heterocycles. The second-order valence-corrected chi connectivity index (χ2v) is 4.25. The van der Waals surface area contributed by atoms with Gasteiger partial charge in [-0.25, -0.2) is 8.78 Å². The van der Waals surface area contributed by atoms with E-state index in [-0.39, 0.29) is 16.9 Å². The van der Waals surface area contributed by atoms with E-state index >= 15 is 0 Å². The van der Waals surface area contributed by atoms with Crippen molar-refractivity contribution in [1.29, 1.82) is 0 Å². The van der Waals surface area contributed by atoms with Crippen molar-refractivity contribution in [1.82, 2.24) is 0 Å². The number of hydrogen-bond acceptors (Lipinski definition) is 2. The average Bonchev–Trinajstić information content (AvgIpc) is 2.33. The molecule has 0 atom stereocenters. The fourth-order valence-corrected chi connectivity index (χ4v) is 1.70. The highest BCUT2D eigenvalue weighted by Gasteiger charge is 2.13. The number of amides is 1. The van der Waals surface area contributed by atoms with Gasteiger partial charge in [0.2, 0.25) is 0 Å². The van der Waals surface area contributed by atoms with Crippen molar-refractivity contribution in [3.05, 3.63) is 58.6 Å². The van der Waals surface area contributed by atoms with Gasteiger partial charge in [0.25, 0.3) is 5.91 Å². The second kappa shape index (κ2) is 5.24. The van der Waals surface area contributed by atoms with Crippen molar-refractivity contribution < 1.29 is 13.6 Å². The quantitative estimate of drug-likeness (QED) is 0.829. The Morgan fingerprint density at radius 3 is 2.58 bits per heavy atom. The molecule has 3 nitrogen and oxygen atoms in total. The summed E-state index contributed by atoms with van der Waals surface area (Å²) < 4.78 is 26.3. The zero-order valence-electron chi connectivity index (χ0n) is 9.58. The number of hydrogen-bond donors (Lipinski definition) is 2. The topological polar surface area (TPSA) is 55.1 Å². The lowest BCUT2D eigenvalue weighted by Crippen LogP contribution is -2.15. The molecule has 2 aromatic carbocycles. The first kappa shape index (κ1) is 13.3. The molecule has 0 bridgehead atoms. The van der Waals surface area contributed by atoms with Crippen molar-refractivity contribution >= 4 is 28.9 Å². The Morgan fingerprint density at radius 2 is 1.89 bits per heavy atom. The lowest BCUT2D eigenvalue weighted by Gasteiger charge is -2.08. The first-order valence-corrected chi connectivity index (χ1v) is 5.66. The molecule has 6 heteroatoms. The first-order valence-electron chi connectivity index (χ1n) is 5.29. The highest BCUT2D eigenvalue weighted by atomic mass is 35.5. The number of anilines is 2. The predicted molar refractivity (Wildman–Crippen MR) is 70.2 cm³/mol. The third kappa shape index (κ3) is 3.00. The number of rotatable bonds is 2. The number of nitrogens with one attached hydrogen (secondary N) is 1. The minimum Gasteiger partial charge on any atom is -0.398 e. The third-order valence-corrected chi connectivity index (χ3v) is 2.67. The van der Waals surface area contributed by atoms with Crippen LogP contribution < -0.4 is 11.1 Å². The van der Waals surface area contributed by atoms with Gasteiger partial charge in [0.05, 0.1) is 11.3 Å². The van der Waals surface area contributed by atoms with Gasteiger partial charge in [0.1, 0.15) is 11.6 Å². The average molecular weight is 283 g/mol. The van der Waals surface area contributed by atoms with Crippen molar-refractivity contribution in [2.24, 2.45) is 0 Å². The molecule has 0 spiro atoms. The molecule has 3 N–H and O–H groups in total. The van der Waals surface area contributed by atoms with E-state index in [9.17, 15) is 13.6 Å². The minimum atomic E-state index is -0.734. The molecular formula is C13H9ClF2N2O. The molecule has 2 rings (SSSR count). The summed E-state index contributed by atoms with van der Waals surface area (Å²) in [6.07, 6.45) is 0. The molecule has 0 aliphatic heterocycles. The van der Waals surface area contributed by atoms with Crippen LogP contribution in [-0.4, -0.2) is 5.91 Å². The predicted octanol–water partition coefficient (Wildman–Crippen LogP) is 3.45. The van der Waals surface area contributed by atoms with Crippen molar-refractivity contribution in [2.45, 2.75) is 0 Å². The fourth-order valence-electron chi connectivity index (χ4n) is 1.52. The smallest absolute Gasteiger partial charge is 0.257 e. The van der Waals surface area contributed by atoms with Gasteiger partial charge in [-0.3, -0.25) is 4.79 Å². The molecule has 0 fully saturated rings. The van der Waals surface area contributed by atoms with E-state index in [1.165, 1.54) is 18.2 Å². The van der Waals surface area contributed by atoms with E-state index in [2.05, 4.69) is 5.32 Å². The van der Waals surface area contributed by atoms with Crippen molar-refractivity contribution in [3.8, 4) is 0 Å². The SMILES string of the molecule is Nc1cc(Cl)ccc1C(=O)Nc1cc(F)ccc1F. The standard InChI is InChI=1S/C13H9ClF2N2O/c14-7-1-3-9(11(17)5-7)13(19)18-12-6-8(15)2-4-10(12)16/h1-6H,17H2,(H,18,19). The highest BCUT2D eigenvalue weighted by Crippen LogP contribution is 2.21. The number of halogens is 3. The van der Waals surface area contributed by atoms with Crippen molar-refractivity contribution in [2.75, 3.05) is 11.1 Å². The van der Waals surface area contributed by atoms with Crippen LogP contribution in [-0.2, 0) is 0 Å². The summed E-state index contributed by atoms with van der Waals surface area (Å²) in [6.45, 7) is 0. The maximum absolute atomic E-state index is 13.4. The summed E-state index contributed by atoms with van der Waals surface area (Å²) in [4.78, 5) is 11.9. The Morgan fingerprint density at radius 1 is 1.16 bits per heavy atom. The van der Waals surface area contributed by atoms with Gasteiger partial charge in [0, 0.05) is 16.8 Å². The molecule has 0 unspecified atom stereocenters. The summed E-state index contributed by atoms with van der Waals surface area (Å²) in [5.41, 5.74) is 5.67. The summed E-state index contributed by atoms with van der Waals surface area (Å²) in [5.74, 6) is -2.03. The van der Waals surface area contributed by atoms with Crippen LogP contribution >= 0.6 is 11.6 Å². The van der Waals surface area contributed by atoms with Gasteiger partial charge < -0.3 is 11.1 Å².